The molecule has 3 N–H and O–H groups in total. The molecule has 2 atom stereocenters. The van der Waals surface area contributed by atoms with Crippen LogP contribution >= 0.6 is 0 Å². The van der Waals surface area contributed by atoms with Gasteiger partial charge in [-0.25, -0.2) is 0 Å². The Balaban J connectivity index is 1.86. The van der Waals surface area contributed by atoms with Crippen molar-refractivity contribution in [3.05, 3.63) is 47.0 Å². The molecule has 1 amide bonds. The van der Waals surface area contributed by atoms with Crippen LogP contribution in [0.5, 0.6) is 5.75 Å². The Morgan fingerprint density at radius 3 is 2.85 bits per heavy atom. The number of carbonyl (C=O) groups is 1. The predicted octanol–water partition coefficient (Wildman–Crippen LogP) is 1.63. The van der Waals surface area contributed by atoms with E-state index in [1.54, 1.807) is 29.9 Å². The van der Waals surface area contributed by atoms with E-state index in [1.165, 1.54) is 0 Å². The monoisotopic (exact) mass is 371 g/mol. The summed E-state index contributed by atoms with van der Waals surface area (Å²) in [4.78, 5) is 12.1. The van der Waals surface area contributed by atoms with Crippen molar-refractivity contribution in [1.29, 1.82) is 0 Å². The van der Waals surface area contributed by atoms with E-state index in [-0.39, 0.29) is 12.5 Å². The Labute approximate surface area is 155 Å². The zero-order chi connectivity index (χ0) is 19.1. The van der Waals surface area contributed by atoms with Gasteiger partial charge in [0.1, 0.15) is 23.7 Å². The zero-order valence-electron chi connectivity index (χ0n) is 15.1. The van der Waals surface area contributed by atoms with Gasteiger partial charge in [0.25, 0.3) is 5.91 Å². The molecule has 0 unspecified atom stereocenters. The quantitative estimate of drug-likeness (QED) is 0.705. The first-order chi connectivity index (χ1) is 13.0. The topological polar surface area (TPSA) is 113 Å². The van der Waals surface area contributed by atoms with E-state index in [9.17, 15) is 9.90 Å². The Kier molecular flexibility index (Phi) is 4.37. The molecule has 0 bridgehead atoms. The Morgan fingerprint density at radius 1 is 1.41 bits per heavy atom. The maximum absolute atomic E-state index is 12.1. The molecule has 3 heterocycles. The number of nitrogens with two attached hydrogens (primary N) is 1. The molecule has 1 aliphatic heterocycles. The van der Waals surface area contributed by atoms with Crippen LogP contribution in [0.25, 0.3) is 11.0 Å². The summed E-state index contributed by atoms with van der Waals surface area (Å²) >= 11 is 0. The number of nitrogens with zero attached hydrogens (tertiary/aromatic N) is 2. The smallest absolute Gasteiger partial charge is 0.252 e. The molecule has 8 heteroatoms. The number of rotatable bonds is 5. The van der Waals surface area contributed by atoms with Gasteiger partial charge in [0.05, 0.1) is 30.6 Å². The number of aryl methyl sites for hydroxylation is 2. The standard InChI is InChI=1S/C19H21N3O5/c1-10-16(19(20)24)18-15(27-10)4-3-14(17(18)12-8-25-9-13(12)23)26-7-11-5-6-21-22(11)2/h3-6,12-13,23H,7-9H2,1-2H3,(H2,20,24)/t12-,13-/m1/s1. The molecule has 27 heavy (non-hydrogen) atoms. The molecule has 3 aromatic rings. The number of aliphatic hydroxyl groups is 1. The number of carbonyl (C=O) groups excluding carboxylic acids is 1. The summed E-state index contributed by atoms with van der Waals surface area (Å²) in [6.07, 6.45) is 0.993. The maximum atomic E-state index is 12.1. The lowest BCUT2D eigenvalue weighted by atomic mass is 9.90. The van der Waals surface area contributed by atoms with Crippen molar-refractivity contribution in [2.75, 3.05) is 13.2 Å². The van der Waals surface area contributed by atoms with Crippen LogP contribution in [0.15, 0.2) is 28.8 Å². The largest absolute Gasteiger partial charge is 0.487 e. The van der Waals surface area contributed by atoms with Crippen LogP contribution in [0.2, 0.25) is 0 Å². The molecule has 1 saturated heterocycles. The van der Waals surface area contributed by atoms with Crippen LogP contribution < -0.4 is 10.5 Å². The highest BCUT2D eigenvalue weighted by Gasteiger charge is 2.34. The van der Waals surface area contributed by atoms with E-state index in [0.29, 0.717) is 46.8 Å². The van der Waals surface area contributed by atoms with Crippen LogP contribution in [0.4, 0.5) is 0 Å². The van der Waals surface area contributed by atoms with Crippen LogP contribution in [0, 0.1) is 6.92 Å². The average Bonchev–Trinajstić information content (AvgIpc) is 3.30. The summed E-state index contributed by atoms with van der Waals surface area (Å²) < 4.78 is 18.9. The van der Waals surface area contributed by atoms with Gasteiger partial charge < -0.3 is 24.7 Å². The Bertz CT molecular complexity index is 1010. The lowest BCUT2D eigenvalue weighted by Crippen LogP contribution is -2.19. The maximum Gasteiger partial charge on any atom is 0.252 e. The number of furan rings is 1. The highest BCUT2D eigenvalue weighted by atomic mass is 16.5. The summed E-state index contributed by atoms with van der Waals surface area (Å²) in [7, 11) is 1.84. The average molecular weight is 371 g/mol. The first-order valence-corrected chi connectivity index (χ1v) is 8.68. The van der Waals surface area contributed by atoms with Crippen molar-refractivity contribution in [3.8, 4) is 5.75 Å². The molecule has 4 rings (SSSR count). The van der Waals surface area contributed by atoms with Crippen LogP contribution in [-0.2, 0) is 18.4 Å². The third-order valence-corrected chi connectivity index (χ3v) is 5.00. The normalized spacial score (nSPS) is 19.7. The number of ether oxygens (including phenoxy) is 2. The molecule has 8 nitrogen and oxygen atoms in total. The lowest BCUT2D eigenvalue weighted by molar-refractivity contribution is 0.1000. The van der Waals surface area contributed by atoms with Crippen molar-refractivity contribution in [2.24, 2.45) is 12.8 Å². The van der Waals surface area contributed by atoms with Crippen molar-refractivity contribution in [2.45, 2.75) is 25.6 Å². The number of benzene rings is 1. The Morgan fingerprint density at radius 2 is 2.22 bits per heavy atom. The molecule has 0 spiro atoms. The van der Waals surface area contributed by atoms with E-state index >= 15 is 0 Å². The van der Waals surface area contributed by atoms with Gasteiger partial charge in [-0.15, -0.1) is 0 Å². The zero-order valence-corrected chi connectivity index (χ0v) is 15.1. The summed E-state index contributed by atoms with van der Waals surface area (Å²) in [5, 5.41) is 15.1. The summed E-state index contributed by atoms with van der Waals surface area (Å²) in [6, 6.07) is 5.40. The van der Waals surface area contributed by atoms with Gasteiger partial charge in [-0.2, -0.15) is 5.10 Å². The van der Waals surface area contributed by atoms with Crippen molar-refractivity contribution in [1.82, 2.24) is 9.78 Å². The fraction of sp³-hybridized carbons (Fsp3) is 0.368. The van der Waals surface area contributed by atoms with Crippen molar-refractivity contribution in [3.63, 3.8) is 0 Å². The van der Waals surface area contributed by atoms with Gasteiger partial charge in [-0.1, -0.05) is 0 Å². The number of aliphatic hydroxyl groups excluding tert-OH is 1. The van der Waals surface area contributed by atoms with E-state index in [1.807, 2.05) is 13.1 Å². The number of aromatic nitrogens is 2. The van der Waals surface area contributed by atoms with Gasteiger partial charge in [0, 0.05) is 30.1 Å². The SMILES string of the molecule is Cc1oc2ccc(OCc3ccnn3C)c([C@@H]3COC[C@H]3O)c2c1C(N)=O. The van der Waals surface area contributed by atoms with Gasteiger partial charge in [-0.3, -0.25) is 9.48 Å². The number of hydrogen-bond acceptors (Lipinski definition) is 6. The van der Waals surface area contributed by atoms with Crippen molar-refractivity contribution < 1.29 is 23.8 Å². The molecule has 0 radical (unpaired) electrons. The van der Waals surface area contributed by atoms with Gasteiger partial charge in [0.15, 0.2) is 0 Å². The third kappa shape index (κ3) is 2.96. The first-order valence-electron chi connectivity index (χ1n) is 8.68. The van der Waals surface area contributed by atoms with Crippen molar-refractivity contribution >= 4 is 16.9 Å². The molecule has 142 valence electrons. The fourth-order valence-electron chi connectivity index (χ4n) is 3.62. The Hall–Kier alpha value is -2.84. The second kappa shape index (κ2) is 6.71. The lowest BCUT2D eigenvalue weighted by Gasteiger charge is -2.19. The molecule has 2 aromatic heterocycles. The molecular formula is C19H21N3O5. The second-order valence-corrected chi connectivity index (χ2v) is 6.69. The van der Waals surface area contributed by atoms with Crippen LogP contribution in [-0.4, -0.2) is 40.1 Å². The van der Waals surface area contributed by atoms with E-state index < -0.39 is 12.0 Å². The van der Waals surface area contributed by atoms with E-state index in [2.05, 4.69) is 5.10 Å². The molecule has 1 aromatic carbocycles. The van der Waals surface area contributed by atoms with E-state index in [0.717, 1.165) is 5.69 Å². The minimum atomic E-state index is -0.703. The first kappa shape index (κ1) is 17.6. The number of fused-ring (bicyclic) bond motifs is 1. The highest BCUT2D eigenvalue weighted by molar-refractivity contribution is 6.08. The minimum Gasteiger partial charge on any atom is -0.487 e. The fourth-order valence-corrected chi connectivity index (χ4v) is 3.62. The molecule has 1 fully saturated rings. The molecule has 1 aliphatic rings. The van der Waals surface area contributed by atoms with Gasteiger partial charge >= 0.3 is 0 Å². The molecular weight excluding hydrogens is 350 g/mol. The third-order valence-electron chi connectivity index (χ3n) is 5.00. The van der Waals surface area contributed by atoms with E-state index in [4.69, 9.17) is 19.6 Å². The predicted molar refractivity (Wildman–Crippen MR) is 96.6 cm³/mol. The summed E-state index contributed by atoms with van der Waals surface area (Å²) in [6.45, 7) is 2.54. The van der Waals surface area contributed by atoms with Crippen LogP contribution in [0.1, 0.15) is 33.3 Å². The molecule has 0 aliphatic carbocycles. The van der Waals surface area contributed by atoms with Crippen LogP contribution in [0.3, 0.4) is 0 Å². The van der Waals surface area contributed by atoms with Gasteiger partial charge in [-0.05, 0) is 25.1 Å². The van der Waals surface area contributed by atoms with Gasteiger partial charge in [0.2, 0.25) is 0 Å². The summed E-state index contributed by atoms with van der Waals surface area (Å²) in [5.74, 6) is 0.0764. The number of amides is 1. The number of hydrogen-bond donors (Lipinski definition) is 2. The second-order valence-electron chi connectivity index (χ2n) is 6.69. The highest BCUT2D eigenvalue weighted by Crippen LogP contribution is 2.41. The number of primary amides is 1. The summed E-state index contributed by atoms with van der Waals surface area (Å²) in [5.41, 5.74) is 8.02. The minimum absolute atomic E-state index is 0.227. The molecule has 0 saturated carbocycles.